The number of nitrogens with two attached hydrogens (primary N) is 2. The number of aliphatic imine (C=N–C) groups is 1. The van der Waals surface area contributed by atoms with E-state index >= 15 is 8.78 Å². The van der Waals surface area contributed by atoms with Crippen LogP contribution < -0.4 is 21.1 Å². The Hall–Kier alpha value is -4.71. The summed E-state index contributed by atoms with van der Waals surface area (Å²) in [6, 6.07) is 9.99. The van der Waals surface area contributed by atoms with Gasteiger partial charge in [0.15, 0.2) is 5.82 Å². The highest BCUT2D eigenvalue weighted by molar-refractivity contribution is 6.06. The number of pyridine rings is 1. The molecule has 10 nitrogen and oxygen atoms in total. The molecule has 232 valence electrons. The van der Waals surface area contributed by atoms with Gasteiger partial charge in [0.1, 0.15) is 29.5 Å². The van der Waals surface area contributed by atoms with E-state index in [1.165, 1.54) is 18.3 Å². The normalized spacial score (nSPS) is 18.7. The van der Waals surface area contributed by atoms with Crippen molar-refractivity contribution in [1.82, 2.24) is 19.9 Å². The maximum atomic E-state index is 16.7. The van der Waals surface area contributed by atoms with E-state index in [9.17, 15) is 4.79 Å². The maximum absolute atomic E-state index is 16.7. The molecule has 0 radical (unpaired) electrons. The minimum atomic E-state index is -0.743. The molecule has 1 amide bonds. The summed E-state index contributed by atoms with van der Waals surface area (Å²) in [5, 5.41) is 1.29. The Kier molecular flexibility index (Phi) is 7.52. The second kappa shape index (κ2) is 11.7. The van der Waals surface area contributed by atoms with Crippen LogP contribution in [0.3, 0.4) is 0 Å². The second-order valence-corrected chi connectivity index (χ2v) is 12.0. The van der Waals surface area contributed by atoms with E-state index in [1.807, 2.05) is 4.90 Å². The molecule has 5 heterocycles. The summed E-state index contributed by atoms with van der Waals surface area (Å²) in [5.41, 5.74) is 11.9. The fraction of sp³-hybridized carbons (Fsp3) is 0.364. The van der Waals surface area contributed by atoms with Crippen LogP contribution in [0.1, 0.15) is 32.1 Å². The zero-order chi connectivity index (χ0) is 31.1. The van der Waals surface area contributed by atoms with E-state index in [2.05, 4.69) is 19.9 Å². The number of halogens is 2. The topological polar surface area (TPSA) is 136 Å². The number of anilines is 1. The molecule has 0 bridgehead atoms. The zero-order valence-corrected chi connectivity index (χ0v) is 24.8. The highest BCUT2D eigenvalue weighted by Gasteiger charge is 2.45. The molecule has 12 heteroatoms. The Morgan fingerprint density at radius 2 is 1.80 bits per heavy atom. The van der Waals surface area contributed by atoms with Crippen LogP contribution in [0.2, 0.25) is 0 Å². The molecule has 7 rings (SSSR count). The van der Waals surface area contributed by atoms with Gasteiger partial charge in [-0.25, -0.2) is 8.78 Å². The predicted octanol–water partition coefficient (Wildman–Crippen LogP) is 4.11. The van der Waals surface area contributed by atoms with Crippen LogP contribution >= 0.6 is 0 Å². The number of aromatic nitrogens is 3. The number of hydrogen-bond acceptors (Lipinski definition) is 9. The summed E-state index contributed by atoms with van der Waals surface area (Å²) in [6.45, 7) is 3.76. The number of fused-ring (bicyclic) bond motifs is 3. The third-order valence-corrected chi connectivity index (χ3v) is 9.19. The third kappa shape index (κ3) is 5.33. The number of ether oxygens (including phenoxy) is 1. The van der Waals surface area contributed by atoms with Crippen molar-refractivity contribution in [1.29, 1.82) is 0 Å². The summed E-state index contributed by atoms with van der Waals surface area (Å²) in [5.74, 6) is -1.48. The van der Waals surface area contributed by atoms with Crippen LogP contribution in [0.25, 0.3) is 32.9 Å². The molecule has 3 aliphatic rings. The van der Waals surface area contributed by atoms with Crippen molar-refractivity contribution in [2.75, 3.05) is 44.2 Å². The Labute approximate surface area is 258 Å². The van der Waals surface area contributed by atoms with Crippen LogP contribution in [0.15, 0.2) is 59.4 Å². The van der Waals surface area contributed by atoms with Gasteiger partial charge >= 0.3 is 6.01 Å². The van der Waals surface area contributed by atoms with Gasteiger partial charge in [-0.15, -0.1) is 0 Å². The molecule has 45 heavy (non-hydrogen) atoms. The molecule has 0 unspecified atom stereocenters. The highest BCUT2D eigenvalue weighted by Crippen LogP contribution is 2.40. The van der Waals surface area contributed by atoms with E-state index in [1.54, 1.807) is 30.3 Å². The summed E-state index contributed by atoms with van der Waals surface area (Å²) in [4.78, 5) is 34.5. The molecule has 0 spiro atoms. The average molecular weight is 613 g/mol. The molecule has 2 fully saturated rings. The second-order valence-electron chi connectivity index (χ2n) is 12.0. The molecular formula is C33H34F2N8O2. The first-order valence-corrected chi connectivity index (χ1v) is 15.3. The zero-order valence-electron chi connectivity index (χ0n) is 24.8. The number of carbonyl (C=O) groups excluding carboxylic acids is 1. The molecule has 0 atom stereocenters. The molecular weight excluding hydrogens is 578 g/mol. The van der Waals surface area contributed by atoms with Crippen LogP contribution in [-0.4, -0.2) is 76.3 Å². The van der Waals surface area contributed by atoms with Crippen LogP contribution in [0.4, 0.5) is 14.6 Å². The smallest absolute Gasteiger partial charge is 0.319 e. The Bertz CT molecular complexity index is 1860. The van der Waals surface area contributed by atoms with Gasteiger partial charge in [0.2, 0.25) is 0 Å². The number of nitrogens with zero attached hydrogens (tertiary/aromatic N) is 6. The first-order chi connectivity index (χ1) is 21.8. The molecule has 0 aliphatic carbocycles. The Morgan fingerprint density at radius 3 is 2.58 bits per heavy atom. The summed E-state index contributed by atoms with van der Waals surface area (Å²) < 4.78 is 38.0. The summed E-state index contributed by atoms with van der Waals surface area (Å²) in [7, 11) is 0. The third-order valence-electron chi connectivity index (χ3n) is 9.19. The van der Waals surface area contributed by atoms with Crippen molar-refractivity contribution in [3.05, 3.63) is 66.0 Å². The van der Waals surface area contributed by atoms with Gasteiger partial charge in [-0.1, -0.05) is 30.3 Å². The monoisotopic (exact) mass is 612 g/mol. The maximum Gasteiger partial charge on any atom is 0.319 e. The minimum Gasteiger partial charge on any atom is -0.461 e. The van der Waals surface area contributed by atoms with Gasteiger partial charge < -0.3 is 21.1 Å². The van der Waals surface area contributed by atoms with Gasteiger partial charge in [0.25, 0.3) is 5.91 Å². The molecule has 4 aromatic rings. The Morgan fingerprint density at radius 1 is 1.02 bits per heavy atom. The lowest BCUT2D eigenvalue weighted by molar-refractivity contribution is -0.114. The first kappa shape index (κ1) is 29.0. The lowest BCUT2D eigenvalue weighted by Crippen LogP contribution is -2.43. The van der Waals surface area contributed by atoms with Crippen molar-refractivity contribution in [3.63, 3.8) is 0 Å². The van der Waals surface area contributed by atoms with Crippen molar-refractivity contribution in [2.45, 2.75) is 37.6 Å². The van der Waals surface area contributed by atoms with E-state index in [0.717, 1.165) is 38.8 Å². The molecule has 2 aromatic heterocycles. The van der Waals surface area contributed by atoms with E-state index < -0.39 is 17.5 Å². The fourth-order valence-corrected chi connectivity index (χ4v) is 7.00. The van der Waals surface area contributed by atoms with Crippen molar-refractivity contribution in [3.8, 4) is 17.3 Å². The van der Waals surface area contributed by atoms with Gasteiger partial charge in [0.05, 0.1) is 28.9 Å². The number of rotatable bonds is 7. The largest absolute Gasteiger partial charge is 0.461 e. The van der Waals surface area contributed by atoms with Crippen molar-refractivity contribution < 1.29 is 18.3 Å². The molecule has 4 N–H and O–H groups in total. The predicted molar refractivity (Wildman–Crippen MR) is 169 cm³/mol. The van der Waals surface area contributed by atoms with Crippen LogP contribution in [0.5, 0.6) is 6.01 Å². The SMILES string of the molecule is NC(=O)C(N)=CC1=NCCCN(c2nc(OCC34CCCN3CCC4)nc3c(F)c(-c4cccc5cccc(F)c45)ncc23)C1. The fourth-order valence-electron chi connectivity index (χ4n) is 7.00. The van der Waals surface area contributed by atoms with E-state index in [0.29, 0.717) is 54.0 Å². The van der Waals surface area contributed by atoms with Gasteiger partial charge in [-0.05, 0) is 62.7 Å². The van der Waals surface area contributed by atoms with Crippen molar-refractivity contribution >= 4 is 39.1 Å². The number of benzene rings is 2. The summed E-state index contributed by atoms with van der Waals surface area (Å²) in [6.07, 6.45) is 7.94. The lowest BCUT2D eigenvalue weighted by Gasteiger charge is -2.31. The average Bonchev–Trinajstić information content (AvgIpc) is 3.53. The molecule has 2 saturated heterocycles. The quantitative estimate of drug-likeness (QED) is 0.298. The number of hydrogen-bond donors (Lipinski definition) is 2. The van der Waals surface area contributed by atoms with Gasteiger partial charge in [0, 0.05) is 30.2 Å². The highest BCUT2D eigenvalue weighted by atomic mass is 19.1. The number of primary amides is 1. The molecule has 3 aliphatic heterocycles. The lowest BCUT2D eigenvalue weighted by atomic mass is 9.95. The minimum absolute atomic E-state index is 0.0135. The van der Waals surface area contributed by atoms with Gasteiger partial charge in [-0.2, -0.15) is 9.97 Å². The standard InChI is InChI=1S/C33H34F2N8O2/c34-24-9-2-7-20-6-1-8-22(26(20)24)28-27(35)29-23(17-39-28)31(42-13-5-12-38-21(18-42)16-25(36)30(37)44)41-32(40-29)45-19-33-10-3-14-43(33)15-4-11-33/h1-2,6-9,16-17H,3-5,10-15,18-19,36H2,(H2,37,44). The van der Waals surface area contributed by atoms with E-state index in [-0.39, 0.29) is 40.4 Å². The van der Waals surface area contributed by atoms with E-state index in [4.69, 9.17) is 21.2 Å². The number of carbonyl (C=O) groups is 1. The van der Waals surface area contributed by atoms with Gasteiger partial charge in [-0.3, -0.25) is 19.7 Å². The van der Waals surface area contributed by atoms with Crippen molar-refractivity contribution in [2.24, 2.45) is 16.5 Å². The summed E-state index contributed by atoms with van der Waals surface area (Å²) >= 11 is 0. The van der Waals surface area contributed by atoms with Crippen LogP contribution in [0, 0.1) is 11.6 Å². The molecule has 2 aromatic carbocycles. The first-order valence-electron chi connectivity index (χ1n) is 15.3. The number of amides is 1. The Balaban J connectivity index is 1.35. The molecule has 0 saturated carbocycles. The van der Waals surface area contributed by atoms with Crippen LogP contribution in [-0.2, 0) is 4.79 Å².